The molecule has 4 N–H and O–H groups in total. The van der Waals surface area contributed by atoms with Crippen LogP contribution in [0.1, 0.15) is 49.8 Å². The fraction of sp³-hybridized carbons (Fsp3) is 0.0227. The zero-order valence-electron chi connectivity index (χ0n) is 27.4. The maximum atomic E-state index is 13.4. The smallest absolute Gasteiger partial charge is 0.270 e. The first-order chi connectivity index (χ1) is 25.0. The van der Waals surface area contributed by atoms with Gasteiger partial charge in [-0.1, -0.05) is 121 Å². The number of nitrogens with one attached hydrogen (secondary N) is 3. The number of rotatable bonds is 9. The van der Waals surface area contributed by atoms with Gasteiger partial charge in [-0.25, -0.2) is 4.99 Å². The molecule has 8 rings (SSSR count). The molecule has 0 fully saturated rings. The largest absolute Gasteiger partial charge is 0.373 e. The summed E-state index contributed by atoms with van der Waals surface area (Å²) in [5, 5.41) is 14.4. The van der Waals surface area contributed by atoms with Crippen molar-refractivity contribution in [1.82, 2.24) is 15.0 Å². The van der Waals surface area contributed by atoms with Gasteiger partial charge in [0.25, 0.3) is 5.91 Å². The van der Waals surface area contributed by atoms with Gasteiger partial charge in [-0.15, -0.1) is 0 Å². The van der Waals surface area contributed by atoms with Crippen LogP contribution in [0.25, 0.3) is 11.1 Å². The molecule has 4 aromatic carbocycles. The normalized spacial score (nSPS) is 14.9. The minimum atomic E-state index is -1.65. The van der Waals surface area contributed by atoms with Crippen LogP contribution in [0.4, 0.5) is 0 Å². The highest BCUT2D eigenvalue weighted by Crippen LogP contribution is 2.37. The van der Waals surface area contributed by atoms with Crippen LogP contribution in [0.3, 0.4) is 0 Å². The fourth-order valence-corrected chi connectivity index (χ4v) is 6.65. The van der Waals surface area contributed by atoms with Gasteiger partial charge in [0.2, 0.25) is 5.78 Å². The first kappa shape index (κ1) is 31.4. The van der Waals surface area contributed by atoms with Gasteiger partial charge in [0, 0.05) is 39.2 Å². The molecule has 1 aliphatic heterocycles. The number of benzene rings is 4. The Hall–Kier alpha value is -6.83. The molecule has 0 spiro atoms. The van der Waals surface area contributed by atoms with Gasteiger partial charge < -0.3 is 20.1 Å². The molecule has 1 atom stereocenters. The van der Waals surface area contributed by atoms with Crippen molar-refractivity contribution in [3.63, 3.8) is 0 Å². The minimum absolute atomic E-state index is 0.165. The van der Waals surface area contributed by atoms with Crippen LogP contribution in [0.2, 0.25) is 0 Å². The van der Waals surface area contributed by atoms with Gasteiger partial charge >= 0.3 is 0 Å². The second kappa shape index (κ2) is 13.2. The van der Waals surface area contributed by atoms with E-state index in [4.69, 9.17) is 0 Å². The number of aliphatic hydroxyl groups is 1. The first-order valence-corrected chi connectivity index (χ1v) is 16.6. The number of amides is 1. The van der Waals surface area contributed by atoms with Crippen molar-refractivity contribution in [2.24, 2.45) is 4.99 Å². The van der Waals surface area contributed by atoms with Crippen LogP contribution in [0.5, 0.6) is 0 Å². The Balaban J connectivity index is 1.30. The molecule has 7 heteroatoms. The molecule has 51 heavy (non-hydrogen) atoms. The van der Waals surface area contributed by atoms with Crippen molar-refractivity contribution < 1.29 is 14.7 Å². The van der Waals surface area contributed by atoms with Gasteiger partial charge in [0.1, 0.15) is 0 Å². The number of aliphatic imine (C=N–C) groups is 1. The van der Waals surface area contributed by atoms with Gasteiger partial charge in [0.15, 0.2) is 5.60 Å². The summed E-state index contributed by atoms with van der Waals surface area (Å²) >= 11 is 0. The molecule has 7 nitrogen and oxygen atoms in total. The topological polar surface area (TPSA) is 114 Å². The van der Waals surface area contributed by atoms with Crippen molar-refractivity contribution in [2.75, 3.05) is 0 Å². The number of aromatic amines is 3. The molecule has 0 saturated heterocycles. The van der Waals surface area contributed by atoms with E-state index in [1.807, 2.05) is 133 Å². The Labute approximate surface area is 293 Å². The summed E-state index contributed by atoms with van der Waals surface area (Å²) in [4.78, 5) is 40.2. The van der Waals surface area contributed by atoms with Crippen LogP contribution in [-0.4, -0.2) is 37.5 Å². The number of hydrogen-bond acceptors (Lipinski definition) is 3. The van der Waals surface area contributed by atoms with Gasteiger partial charge in [-0.2, -0.15) is 0 Å². The maximum Gasteiger partial charge on any atom is 0.270 e. The maximum absolute atomic E-state index is 13.4. The molecule has 1 unspecified atom stereocenters. The van der Waals surface area contributed by atoms with Crippen molar-refractivity contribution in [1.29, 1.82) is 0 Å². The average Bonchev–Trinajstić information content (AvgIpc) is 4.03. The van der Waals surface area contributed by atoms with E-state index in [0.29, 0.717) is 33.9 Å². The summed E-state index contributed by atoms with van der Waals surface area (Å²) in [6.07, 6.45) is 3.22. The summed E-state index contributed by atoms with van der Waals surface area (Å²) in [6, 6.07) is 49.6. The van der Waals surface area contributed by atoms with E-state index in [1.165, 1.54) is 6.08 Å². The lowest BCUT2D eigenvalue weighted by molar-refractivity contribution is -0.113. The molecule has 246 valence electrons. The van der Waals surface area contributed by atoms with Crippen LogP contribution in [-0.2, 0) is 10.4 Å². The summed E-state index contributed by atoms with van der Waals surface area (Å²) < 4.78 is 0. The lowest BCUT2D eigenvalue weighted by Crippen LogP contribution is -2.30. The Morgan fingerprint density at radius 2 is 1.00 bits per heavy atom. The highest BCUT2D eigenvalue weighted by molar-refractivity contribution is 6.34. The average molecular weight is 665 g/mol. The van der Waals surface area contributed by atoms with Crippen molar-refractivity contribution >= 4 is 28.5 Å². The molecule has 3 aromatic heterocycles. The lowest BCUT2D eigenvalue weighted by atomic mass is 9.87. The van der Waals surface area contributed by atoms with Crippen LogP contribution < -0.4 is 10.7 Å². The standard InChI is InChI=1S/C44H32N4O3/c49-40-28-25-36(48-40)42(30-15-7-2-8-16-30)34-22-21-33(45-34)41(29-13-5-1-6-14-29)35-23-26-38(46-35)44(51,32-19-11-4-12-20-32)39-27-24-37(47-39)43(50)31-17-9-3-10-18-31/h1-28,45-47,51H/b41-33-,42-34-. The highest BCUT2D eigenvalue weighted by atomic mass is 16.3. The third-order valence-electron chi connectivity index (χ3n) is 9.11. The zero-order valence-corrected chi connectivity index (χ0v) is 27.4. The molecule has 1 aliphatic rings. The zero-order chi connectivity index (χ0) is 34.8. The third-order valence-corrected chi connectivity index (χ3v) is 9.11. The Kier molecular flexibility index (Phi) is 8.16. The molecule has 7 aromatic rings. The summed E-state index contributed by atoms with van der Waals surface area (Å²) in [5.74, 6) is -0.452. The molecule has 0 bridgehead atoms. The van der Waals surface area contributed by atoms with E-state index in [9.17, 15) is 14.7 Å². The van der Waals surface area contributed by atoms with E-state index in [-0.39, 0.29) is 11.7 Å². The van der Waals surface area contributed by atoms with E-state index in [1.54, 1.807) is 30.3 Å². The molecular formula is C44H32N4O3. The monoisotopic (exact) mass is 664 g/mol. The van der Waals surface area contributed by atoms with E-state index >= 15 is 0 Å². The quantitative estimate of drug-likeness (QED) is 0.139. The number of ketones is 1. The number of H-pyrrole nitrogens is 3. The van der Waals surface area contributed by atoms with Crippen molar-refractivity contribution in [3.05, 3.63) is 226 Å². The Bertz CT molecular complexity index is 2560. The Morgan fingerprint density at radius 1 is 0.510 bits per heavy atom. The lowest BCUT2D eigenvalue weighted by Gasteiger charge is -2.27. The number of carbonyl (C=O) groups is 2. The molecule has 0 aliphatic carbocycles. The molecule has 0 radical (unpaired) electrons. The van der Waals surface area contributed by atoms with Gasteiger partial charge in [-0.3, -0.25) is 9.59 Å². The number of nitrogens with zero attached hydrogens (tertiary/aromatic N) is 1. The first-order valence-electron chi connectivity index (χ1n) is 16.6. The molecular weight excluding hydrogens is 633 g/mol. The van der Waals surface area contributed by atoms with E-state index in [0.717, 1.165) is 38.7 Å². The van der Waals surface area contributed by atoms with Crippen LogP contribution >= 0.6 is 0 Å². The van der Waals surface area contributed by atoms with Crippen LogP contribution in [0, 0.1) is 0 Å². The summed E-state index contributed by atoms with van der Waals surface area (Å²) in [6.45, 7) is 0. The van der Waals surface area contributed by atoms with Crippen molar-refractivity contribution in [2.45, 2.75) is 5.60 Å². The molecule has 4 heterocycles. The van der Waals surface area contributed by atoms with Gasteiger partial charge in [-0.05, 0) is 59.2 Å². The predicted molar refractivity (Wildman–Crippen MR) is 199 cm³/mol. The number of aromatic nitrogens is 3. The van der Waals surface area contributed by atoms with Crippen LogP contribution in [0.15, 0.2) is 175 Å². The number of carbonyl (C=O) groups excluding carboxylic acids is 2. The van der Waals surface area contributed by atoms with E-state index < -0.39 is 5.60 Å². The second-order valence-electron chi connectivity index (χ2n) is 12.3. The highest BCUT2D eigenvalue weighted by Gasteiger charge is 2.37. The van der Waals surface area contributed by atoms with Crippen molar-refractivity contribution in [3.8, 4) is 0 Å². The second-order valence-corrected chi connectivity index (χ2v) is 12.3. The third kappa shape index (κ3) is 5.92. The van der Waals surface area contributed by atoms with E-state index in [2.05, 4.69) is 19.9 Å². The minimum Gasteiger partial charge on any atom is -0.373 e. The van der Waals surface area contributed by atoms with Gasteiger partial charge in [0.05, 0.1) is 22.8 Å². The summed E-state index contributed by atoms with van der Waals surface area (Å²) in [7, 11) is 0. The fourth-order valence-electron chi connectivity index (χ4n) is 6.65. The molecule has 1 amide bonds. The predicted octanol–water partition coefficient (Wildman–Crippen LogP) is 6.17. The molecule has 0 saturated carbocycles. The number of hydrogen-bond donors (Lipinski definition) is 4. The number of allylic oxidation sites excluding steroid dienone is 1. The Morgan fingerprint density at radius 3 is 1.57 bits per heavy atom. The SMILES string of the molecule is O=C1C=CC(/C(c2ccccc2)=c2/cc/c(=C(\c3ccccc3)c3ccc(C(O)(c4ccccc4)c4ccc(C(=O)c5ccccc5)[nH]4)[nH]3)[nH]2)=N1. The summed E-state index contributed by atoms with van der Waals surface area (Å²) in [5.41, 5.74) is 5.81.